The Morgan fingerprint density at radius 1 is 1.50 bits per heavy atom. The number of phenolic OH excluding ortho intramolecular Hbond substituents is 1. The highest BCUT2D eigenvalue weighted by Gasteiger charge is 2.17. The smallest absolute Gasteiger partial charge is 0.124 e. The fourth-order valence-electron chi connectivity index (χ4n) is 1.41. The second kappa shape index (κ2) is 2.68. The van der Waals surface area contributed by atoms with E-state index in [4.69, 9.17) is 10.5 Å². The molecule has 1 aromatic carbocycles. The molecule has 3 heteroatoms. The zero-order chi connectivity index (χ0) is 8.55. The van der Waals surface area contributed by atoms with Crippen molar-refractivity contribution < 1.29 is 9.84 Å². The fourth-order valence-corrected chi connectivity index (χ4v) is 1.41. The molecule has 1 atom stereocenters. The van der Waals surface area contributed by atoms with Gasteiger partial charge in [-0.15, -0.1) is 0 Å². The zero-order valence-corrected chi connectivity index (χ0v) is 6.66. The zero-order valence-electron chi connectivity index (χ0n) is 6.66. The first kappa shape index (κ1) is 7.43. The number of aromatic hydroxyl groups is 1. The van der Waals surface area contributed by atoms with Crippen LogP contribution in [0.4, 0.5) is 0 Å². The van der Waals surface area contributed by atoms with Crippen LogP contribution >= 0.6 is 0 Å². The van der Waals surface area contributed by atoms with Gasteiger partial charge in [0.25, 0.3) is 0 Å². The minimum Gasteiger partial charge on any atom is -0.508 e. The normalized spacial score (nSPS) is 21.2. The van der Waals surface area contributed by atoms with Gasteiger partial charge >= 0.3 is 0 Å². The van der Waals surface area contributed by atoms with Crippen LogP contribution in [0.2, 0.25) is 0 Å². The van der Waals surface area contributed by atoms with Gasteiger partial charge in [-0.2, -0.15) is 0 Å². The Morgan fingerprint density at radius 3 is 3.17 bits per heavy atom. The maximum atomic E-state index is 9.19. The van der Waals surface area contributed by atoms with Crippen LogP contribution in [0.15, 0.2) is 18.2 Å². The Balaban J connectivity index is 2.47. The summed E-state index contributed by atoms with van der Waals surface area (Å²) in [6, 6.07) is 5.03. The standard InChI is InChI=1S/C9H11NO2/c10-8-3-4-12-9-2-1-6(11)5-7(8)9/h1-2,5,8,11H,3-4,10H2. The predicted octanol–water partition coefficient (Wildman–Crippen LogP) is 1.17. The number of hydrogen-bond donors (Lipinski definition) is 2. The van der Waals surface area contributed by atoms with Crippen molar-refractivity contribution in [1.29, 1.82) is 0 Å². The van der Waals surface area contributed by atoms with E-state index < -0.39 is 0 Å². The molecule has 0 saturated heterocycles. The van der Waals surface area contributed by atoms with Gasteiger partial charge in [-0.1, -0.05) is 0 Å². The molecule has 64 valence electrons. The molecule has 0 bridgehead atoms. The number of hydrogen-bond acceptors (Lipinski definition) is 3. The van der Waals surface area contributed by atoms with E-state index in [0.29, 0.717) is 6.61 Å². The van der Waals surface area contributed by atoms with Crippen molar-refractivity contribution in [3.05, 3.63) is 23.8 Å². The first-order valence-electron chi connectivity index (χ1n) is 3.98. The second-order valence-corrected chi connectivity index (χ2v) is 2.97. The Morgan fingerprint density at radius 2 is 2.33 bits per heavy atom. The van der Waals surface area contributed by atoms with Crippen molar-refractivity contribution in [3.63, 3.8) is 0 Å². The molecule has 0 aromatic heterocycles. The third-order valence-electron chi connectivity index (χ3n) is 2.08. The molecule has 1 heterocycles. The van der Waals surface area contributed by atoms with Gasteiger partial charge in [0.05, 0.1) is 6.61 Å². The maximum absolute atomic E-state index is 9.19. The number of fused-ring (bicyclic) bond motifs is 1. The monoisotopic (exact) mass is 165 g/mol. The summed E-state index contributed by atoms with van der Waals surface area (Å²) in [4.78, 5) is 0. The molecular formula is C9H11NO2. The number of rotatable bonds is 0. The van der Waals surface area contributed by atoms with E-state index in [1.54, 1.807) is 18.2 Å². The Hall–Kier alpha value is -1.22. The second-order valence-electron chi connectivity index (χ2n) is 2.97. The van der Waals surface area contributed by atoms with Gasteiger partial charge < -0.3 is 15.6 Å². The van der Waals surface area contributed by atoms with Crippen molar-refractivity contribution in [3.8, 4) is 11.5 Å². The molecule has 0 saturated carbocycles. The minimum absolute atomic E-state index is 0.000787. The van der Waals surface area contributed by atoms with Crippen molar-refractivity contribution in [1.82, 2.24) is 0 Å². The van der Waals surface area contributed by atoms with Crippen LogP contribution in [-0.4, -0.2) is 11.7 Å². The van der Waals surface area contributed by atoms with Gasteiger partial charge in [0.2, 0.25) is 0 Å². The summed E-state index contributed by atoms with van der Waals surface area (Å²) in [6.45, 7) is 0.666. The molecule has 0 amide bonds. The quantitative estimate of drug-likeness (QED) is 0.606. The Kier molecular flexibility index (Phi) is 1.66. The lowest BCUT2D eigenvalue weighted by molar-refractivity contribution is 0.268. The van der Waals surface area contributed by atoms with Gasteiger partial charge in [-0.25, -0.2) is 0 Å². The van der Waals surface area contributed by atoms with Crippen LogP contribution in [0.1, 0.15) is 18.0 Å². The lowest BCUT2D eigenvalue weighted by Crippen LogP contribution is -2.20. The van der Waals surface area contributed by atoms with E-state index in [-0.39, 0.29) is 11.8 Å². The molecule has 3 nitrogen and oxygen atoms in total. The average Bonchev–Trinajstić information content (AvgIpc) is 2.07. The molecule has 1 aliphatic rings. The van der Waals surface area contributed by atoms with E-state index >= 15 is 0 Å². The fraction of sp³-hybridized carbons (Fsp3) is 0.333. The van der Waals surface area contributed by atoms with Crippen LogP contribution in [0.3, 0.4) is 0 Å². The third-order valence-corrected chi connectivity index (χ3v) is 2.08. The van der Waals surface area contributed by atoms with Gasteiger partial charge in [0, 0.05) is 18.0 Å². The number of benzene rings is 1. The first-order valence-corrected chi connectivity index (χ1v) is 3.98. The highest BCUT2D eigenvalue weighted by atomic mass is 16.5. The largest absolute Gasteiger partial charge is 0.508 e. The van der Waals surface area contributed by atoms with Gasteiger partial charge in [-0.05, 0) is 18.2 Å². The summed E-state index contributed by atoms with van der Waals surface area (Å²) < 4.78 is 5.36. The lowest BCUT2D eigenvalue weighted by Gasteiger charge is -2.22. The van der Waals surface area contributed by atoms with E-state index in [2.05, 4.69) is 0 Å². The van der Waals surface area contributed by atoms with Crippen molar-refractivity contribution in [2.75, 3.05) is 6.61 Å². The topological polar surface area (TPSA) is 55.5 Å². The molecule has 1 aromatic rings. The molecule has 0 aliphatic carbocycles. The molecule has 3 N–H and O–H groups in total. The number of phenols is 1. The molecule has 0 fully saturated rings. The van der Waals surface area contributed by atoms with Gasteiger partial charge in [-0.3, -0.25) is 0 Å². The molecule has 12 heavy (non-hydrogen) atoms. The highest BCUT2D eigenvalue weighted by molar-refractivity contribution is 5.42. The van der Waals surface area contributed by atoms with Crippen LogP contribution < -0.4 is 10.5 Å². The van der Waals surface area contributed by atoms with E-state index in [0.717, 1.165) is 17.7 Å². The summed E-state index contributed by atoms with van der Waals surface area (Å²) in [7, 11) is 0. The third kappa shape index (κ3) is 1.12. The minimum atomic E-state index is 0.000787. The average molecular weight is 165 g/mol. The summed E-state index contributed by atoms with van der Waals surface area (Å²) in [5, 5.41) is 9.19. The van der Waals surface area contributed by atoms with Gasteiger partial charge in [0.1, 0.15) is 11.5 Å². The molecule has 2 rings (SSSR count). The van der Waals surface area contributed by atoms with Crippen molar-refractivity contribution in [2.45, 2.75) is 12.5 Å². The summed E-state index contributed by atoms with van der Waals surface area (Å²) in [5.41, 5.74) is 6.73. The SMILES string of the molecule is NC1CCOc2ccc(O)cc21. The van der Waals surface area contributed by atoms with Crippen LogP contribution in [-0.2, 0) is 0 Å². The molecule has 0 radical (unpaired) electrons. The van der Waals surface area contributed by atoms with E-state index in [1.165, 1.54) is 0 Å². The lowest BCUT2D eigenvalue weighted by atomic mass is 10.0. The molecule has 1 unspecified atom stereocenters. The maximum Gasteiger partial charge on any atom is 0.124 e. The predicted molar refractivity (Wildman–Crippen MR) is 45.1 cm³/mol. The summed E-state index contributed by atoms with van der Waals surface area (Å²) >= 11 is 0. The van der Waals surface area contributed by atoms with E-state index in [1.807, 2.05) is 0 Å². The molecule has 0 spiro atoms. The number of ether oxygens (including phenoxy) is 1. The Labute approximate surface area is 70.8 Å². The van der Waals surface area contributed by atoms with Crippen LogP contribution in [0.5, 0.6) is 11.5 Å². The summed E-state index contributed by atoms with van der Waals surface area (Å²) in [5.74, 6) is 1.04. The van der Waals surface area contributed by atoms with E-state index in [9.17, 15) is 5.11 Å². The number of nitrogens with two attached hydrogens (primary N) is 1. The van der Waals surface area contributed by atoms with Crippen molar-refractivity contribution >= 4 is 0 Å². The van der Waals surface area contributed by atoms with Crippen LogP contribution in [0, 0.1) is 0 Å². The first-order chi connectivity index (χ1) is 5.77. The molecule has 1 aliphatic heterocycles. The van der Waals surface area contributed by atoms with Gasteiger partial charge in [0.15, 0.2) is 0 Å². The Bertz CT molecular complexity index is 299. The molecular weight excluding hydrogens is 154 g/mol. The van der Waals surface area contributed by atoms with Crippen LogP contribution in [0.25, 0.3) is 0 Å². The van der Waals surface area contributed by atoms with Crippen molar-refractivity contribution in [2.24, 2.45) is 5.73 Å². The highest BCUT2D eigenvalue weighted by Crippen LogP contribution is 2.32. The summed E-state index contributed by atoms with van der Waals surface area (Å²) in [6.07, 6.45) is 0.816.